The van der Waals surface area contributed by atoms with Crippen molar-refractivity contribution in [3.63, 3.8) is 0 Å². The second-order valence-electron chi connectivity index (χ2n) is 4.17. The molecule has 102 valence electrons. The summed E-state index contributed by atoms with van der Waals surface area (Å²) < 4.78 is 12.2. The second-order valence-corrected chi connectivity index (χ2v) is 4.60. The van der Waals surface area contributed by atoms with Crippen LogP contribution >= 0.6 is 11.6 Å². The lowest BCUT2D eigenvalue weighted by molar-refractivity contribution is -0.117. The number of carbonyl (C=O) groups excluding carboxylic acids is 1. The normalized spacial score (nSPS) is 10.9. The molecular formula is C13H15ClN2O3. The van der Waals surface area contributed by atoms with Crippen molar-refractivity contribution in [1.29, 1.82) is 0 Å². The number of hydrogen-bond acceptors (Lipinski definition) is 4. The Kier molecular flexibility index (Phi) is 4.39. The van der Waals surface area contributed by atoms with Crippen molar-refractivity contribution in [1.82, 2.24) is 9.78 Å². The first-order valence-corrected chi connectivity index (χ1v) is 6.27. The number of methoxy groups -OCH3 is 1. The van der Waals surface area contributed by atoms with Gasteiger partial charge < -0.3 is 9.47 Å². The van der Waals surface area contributed by atoms with Crippen LogP contribution in [0.2, 0.25) is 5.02 Å². The van der Waals surface area contributed by atoms with Crippen molar-refractivity contribution in [2.45, 2.75) is 13.5 Å². The summed E-state index contributed by atoms with van der Waals surface area (Å²) in [5.74, 6) is 0.578. The number of nitrogens with zero attached hydrogens (tertiary/aromatic N) is 2. The molecule has 0 fully saturated rings. The Morgan fingerprint density at radius 2 is 2.21 bits per heavy atom. The molecule has 0 bridgehead atoms. The summed E-state index contributed by atoms with van der Waals surface area (Å²) in [6.07, 6.45) is 0. The highest BCUT2D eigenvalue weighted by Crippen LogP contribution is 2.28. The molecule has 0 saturated carbocycles. The van der Waals surface area contributed by atoms with Gasteiger partial charge in [-0.3, -0.25) is 4.79 Å². The van der Waals surface area contributed by atoms with Gasteiger partial charge in [-0.15, -0.1) is 0 Å². The monoisotopic (exact) mass is 282 g/mol. The van der Waals surface area contributed by atoms with Gasteiger partial charge in [-0.05, 0) is 25.1 Å². The van der Waals surface area contributed by atoms with Crippen LogP contribution in [0.25, 0.3) is 10.9 Å². The Bertz CT molecular complexity index is 595. The van der Waals surface area contributed by atoms with E-state index in [9.17, 15) is 4.79 Å². The molecule has 5 nitrogen and oxygen atoms in total. The van der Waals surface area contributed by atoms with Crippen LogP contribution in [0.3, 0.4) is 0 Å². The topological polar surface area (TPSA) is 53.4 Å². The van der Waals surface area contributed by atoms with Gasteiger partial charge in [0.1, 0.15) is 13.2 Å². The zero-order chi connectivity index (χ0) is 13.8. The van der Waals surface area contributed by atoms with E-state index in [1.165, 1.54) is 6.92 Å². The van der Waals surface area contributed by atoms with Crippen LogP contribution in [0, 0.1) is 0 Å². The summed E-state index contributed by atoms with van der Waals surface area (Å²) in [6, 6.07) is 5.35. The molecule has 0 radical (unpaired) electrons. The first-order chi connectivity index (χ1) is 9.11. The first-order valence-electron chi connectivity index (χ1n) is 5.89. The standard InChI is InChI=1S/C13H15ClN2O3/c1-9(17)8-16-13(19-6-5-18-2)11-4-3-10(14)7-12(11)15-16/h3-4,7H,5-6,8H2,1-2H3. The fourth-order valence-electron chi connectivity index (χ4n) is 1.77. The number of Topliss-reactive ketones (excluding diaryl/α,β-unsaturated/α-hetero) is 1. The number of ketones is 1. The van der Waals surface area contributed by atoms with Crippen molar-refractivity contribution >= 4 is 28.3 Å². The average Bonchev–Trinajstić information content (AvgIpc) is 2.66. The lowest BCUT2D eigenvalue weighted by atomic mass is 10.2. The molecule has 1 heterocycles. The fraction of sp³-hybridized carbons (Fsp3) is 0.385. The molecule has 0 aliphatic rings. The highest BCUT2D eigenvalue weighted by atomic mass is 35.5. The third-order valence-electron chi connectivity index (χ3n) is 2.55. The molecule has 0 saturated heterocycles. The minimum Gasteiger partial charge on any atom is -0.475 e. The lowest BCUT2D eigenvalue weighted by Gasteiger charge is -2.08. The number of benzene rings is 1. The van der Waals surface area contributed by atoms with E-state index in [0.717, 1.165) is 5.39 Å². The van der Waals surface area contributed by atoms with Crippen molar-refractivity contribution in [2.24, 2.45) is 0 Å². The average molecular weight is 283 g/mol. The van der Waals surface area contributed by atoms with Crippen LogP contribution in [0.5, 0.6) is 5.88 Å². The molecule has 2 rings (SSSR count). The maximum atomic E-state index is 11.3. The minimum absolute atomic E-state index is 0.00972. The van der Waals surface area contributed by atoms with Crippen LogP contribution in [-0.4, -0.2) is 35.9 Å². The summed E-state index contributed by atoms with van der Waals surface area (Å²) in [7, 11) is 1.61. The molecule has 0 unspecified atom stereocenters. The smallest absolute Gasteiger partial charge is 0.220 e. The molecule has 0 aliphatic carbocycles. The number of hydrogen-bond donors (Lipinski definition) is 0. The van der Waals surface area contributed by atoms with Crippen molar-refractivity contribution in [2.75, 3.05) is 20.3 Å². The Hall–Kier alpha value is -1.59. The fourth-order valence-corrected chi connectivity index (χ4v) is 1.94. The van der Waals surface area contributed by atoms with Gasteiger partial charge in [0.25, 0.3) is 0 Å². The summed E-state index contributed by atoms with van der Waals surface area (Å²) in [5.41, 5.74) is 0.709. The largest absolute Gasteiger partial charge is 0.475 e. The zero-order valence-corrected chi connectivity index (χ0v) is 11.6. The Morgan fingerprint density at radius 1 is 1.42 bits per heavy atom. The molecule has 1 aromatic heterocycles. The molecule has 19 heavy (non-hydrogen) atoms. The van der Waals surface area contributed by atoms with Crippen LogP contribution in [0.4, 0.5) is 0 Å². The van der Waals surface area contributed by atoms with E-state index >= 15 is 0 Å². The molecule has 0 aliphatic heterocycles. The summed E-state index contributed by atoms with van der Waals surface area (Å²) in [6.45, 7) is 2.56. The Labute approximate surface area is 116 Å². The number of ether oxygens (including phenoxy) is 2. The predicted octanol–water partition coefficient (Wildman–Crippen LogP) is 2.30. The van der Waals surface area contributed by atoms with E-state index in [-0.39, 0.29) is 12.3 Å². The van der Waals surface area contributed by atoms with Gasteiger partial charge in [0.2, 0.25) is 5.88 Å². The third kappa shape index (κ3) is 3.24. The highest BCUT2D eigenvalue weighted by Gasteiger charge is 2.14. The SMILES string of the molecule is COCCOc1c2ccc(Cl)cc2nn1CC(C)=O. The van der Waals surface area contributed by atoms with E-state index in [4.69, 9.17) is 21.1 Å². The summed E-state index contributed by atoms with van der Waals surface area (Å²) in [4.78, 5) is 11.3. The van der Waals surface area contributed by atoms with E-state index in [2.05, 4.69) is 5.10 Å². The summed E-state index contributed by atoms with van der Waals surface area (Å²) >= 11 is 5.94. The Morgan fingerprint density at radius 3 is 2.89 bits per heavy atom. The molecule has 0 amide bonds. The van der Waals surface area contributed by atoms with Crippen molar-refractivity contribution in [3.8, 4) is 5.88 Å². The molecule has 0 spiro atoms. The molecule has 0 atom stereocenters. The van der Waals surface area contributed by atoms with Crippen LogP contribution in [-0.2, 0) is 16.1 Å². The number of carbonyl (C=O) groups is 1. The van der Waals surface area contributed by atoms with Gasteiger partial charge in [-0.25, -0.2) is 4.68 Å². The quantitative estimate of drug-likeness (QED) is 0.763. The van der Waals surface area contributed by atoms with Gasteiger partial charge in [0.15, 0.2) is 5.78 Å². The Balaban J connectivity index is 2.39. The van der Waals surface area contributed by atoms with Gasteiger partial charge in [-0.1, -0.05) is 11.6 Å². The van der Waals surface area contributed by atoms with Crippen LogP contribution < -0.4 is 4.74 Å². The molecular weight excluding hydrogens is 268 g/mol. The van der Waals surface area contributed by atoms with Crippen LogP contribution in [0.1, 0.15) is 6.92 Å². The van der Waals surface area contributed by atoms with Crippen LogP contribution in [0.15, 0.2) is 18.2 Å². The predicted molar refractivity (Wildman–Crippen MR) is 72.8 cm³/mol. The van der Waals surface area contributed by atoms with Gasteiger partial charge >= 0.3 is 0 Å². The highest BCUT2D eigenvalue weighted by molar-refractivity contribution is 6.31. The summed E-state index contributed by atoms with van der Waals surface area (Å²) in [5, 5.41) is 5.77. The van der Waals surface area contributed by atoms with Crippen molar-refractivity contribution < 1.29 is 14.3 Å². The first kappa shape index (κ1) is 13.8. The molecule has 0 N–H and O–H groups in total. The number of fused-ring (bicyclic) bond motifs is 1. The molecule has 1 aromatic carbocycles. The maximum absolute atomic E-state index is 11.3. The van der Waals surface area contributed by atoms with E-state index in [1.807, 2.05) is 6.07 Å². The number of rotatable bonds is 6. The van der Waals surface area contributed by atoms with Crippen molar-refractivity contribution in [3.05, 3.63) is 23.2 Å². The lowest BCUT2D eigenvalue weighted by Crippen LogP contribution is -2.12. The van der Waals surface area contributed by atoms with E-state index in [1.54, 1.807) is 23.9 Å². The number of aromatic nitrogens is 2. The zero-order valence-electron chi connectivity index (χ0n) is 10.9. The minimum atomic E-state index is 0.00972. The second kappa shape index (κ2) is 6.04. The van der Waals surface area contributed by atoms with Gasteiger partial charge in [0, 0.05) is 12.1 Å². The van der Waals surface area contributed by atoms with Gasteiger partial charge in [-0.2, -0.15) is 5.10 Å². The molecule has 2 aromatic rings. The maximum Gasteiger partial charge on any atom is 0.220 e. The third-order valence-corrected chi connectivity index (χ3v) is 2.79. The van der Waals surface area contributed by atoms with Gasteiger partial charge in [0.05, 0.1) is 17.5 Å². The molecule has 6 heteroatoms. The van der Waals surface area contributed by atoms with E-state index < -0.39 is 0 Å². The van der Waals surface area contributed by atoms with E-state index in [0.29, 0.717) is 29.6 Å². The number of halogens is 1.